The van der Waals surface area contributed by atoms with Gasteiger partial charge in [0, 0.05) is 24.5 Å². The molecule has 90 valence electrons. The van der Waals surface area contributed by atoms with Crippen molar-refractivity contribution in [3.8, 4) is 11.8 Å². The van der Waals surface area contributed by atoms with Gasteiger partial charge in [0.15, 0.2) is 0 Å². The highest BCUT2D eigenvalue weighted by Crippen LogP contribution is 2.17. The largest absolute Gasteiger partial charge is 0.354 e. The van der Waals surface area contributed by atoms with Gasteiger partial charge in [0.25, 0.3) is 0 Å². The minimum atomic E-state index is 0.107. The van der Waals surface area contributed by atoms with Gasteiger partial charge >= 0.3 is 0 Å². The molecule has 1 aliphatic heterocycles. The molecule has 0 bridgehead atoms. The van der Waals surface area contributed by atoms with E-state index in [9.17, 15) is 4.79 Å². The van der Waals surface area contributed by atoms with E-state index in [1.165, 1.54) is 4.88 Å². The van der Waals surface area contributed by atoms with Crippen LogP contribution < -0.4 is 11.1 Å². The Kier molecular flexibility index (Phi) is 4.15. The average Bonchev–Trinajstić information content (AvgIpc) is 2.74. The van der Waals surface area contributed by atoms with Gasteiger partial charge in [-0.25, -0.2) is 0 Å². The van der Waals surface area contributed by atoms with Crippen molar-refractivity contribution in [2.75, 3.05) is 26.2 Å². The average molecular weight is 249 g/mol. The van der Waals surface area contributed by atoms with Crippen LogP contribution in [0.25, 0.3) is 0 Å². The number of piperazine rings is 1. The molecule has 1 aromatic rings. The molecular formula is C12H15N3OS. The fourth-order valence-electron chi connectivity index (χ4n) is 1.72. The van der Waals surface area contributed by atoms with Gasteiger partial charge in [-0.2, -0.15) is 0 Å². The van der Waals surface area contributed by atoms with Crippen LogP contribution in [0.4, 0.5) is 0 Å². The van der Waals surface area contributed by atoms with Crippen molar-refractivity contribution in [1.29, 1.82) is 0 Å². The molecule has 1 fully saturated rings. The lowest BCUT2D eigenvalue weighted by molar-refractivity contribution is -0.124. The lowest BCUT2D eigenvalue weighted by Crippen LogP contribution is -2.46. The third kappa shape index (κ3) is 3.56. The van der Waals surface area contributed by atoms with Gasteiger partial charge in [0.2, 0.25) is 5.91 Å². The molecule has 2 heterocycles. The highest BCUT2D eigenvalue weighted by molar-refractivity contribution is 7.12. The molecule has 1 aromatic heterocycles. The minimum absolute atomic E-state index is 0.107. The van der Waals surface area contributed by atoms with Gasteiger partial charge in [0.1, 0.15) is 0 Å². The molecule has 0 aromatic carbocycles. The predicted octanol–water partition coefficient (Wildman–Crippen LogP) is -0.00990. The molecule has 0 spiro atoms. The summed E-state index contributed by atoms with van der Waals surface area (Å²) in [5, 5.41) is 2.82. The Bertz CT molecular complexity index is 458. The van der Waals surface area contributed by atoms with E-state index in [4.69, 9.17) is 5.73 Å². The molecule has 0 saturated carbocycles. The Balaban J connectivity index is 1.94. The molecule has 5 heteroatoms. The van der Waals surface area contributed by atoms with Crippen LogP contribution in [0.1, 0.15) is 9.75 Å². The highest BCUT2D eigenvalue weighted by atomic mass is 32.1. The number of hydrogen-bond donors (Lipinski definition) is 2. The normalized spacial score (nSPS) is 16.2. The Labute approximate surface area is 105 Å². The maximum Gasteiger partial charge on any atom is 0.234 e. The van der Waals surface area contributed by atoms with Crippen LogP contribution in [-0.2, 0) is 11.3 Å². The van der Waals surface area contributed by atoms with Gasteiger partial charge in [0.05, 0.1) is 18.0 Å². The van der Waals surface area contributed by atoms with Gasteiger partial charge in [-0.15, -0.1) is 11.3 Å². The Morgan fingerprint density at radius 3 is 3.18 bits per heavy atom. The predicted molar refractivity (Wildman–Crippen MR) is 68.5 cm³/mol. The summed E-state index contributed by atoms with van der Waals surface area (Å²) < 4.78 is 0. The number of thiophene rings is 1. The van der Waals surface area contributed by atoms with E-state index in [0.717, 1.165) is 24.5 Å². The zero-order valence-corrected chi connectivity index (χ0v) is 10.3. The first-order chi connectivity index (χ1) is 8.28. The topological polar surface area (TPSA) is 58.4 Å². The van der Waals surface area contributed by atoms with Crippen molar-refractivity contribution in [3.05, 3.63) is 21.9 Å². The fraction of sp³-hybridized carbons (Fsp3) is 0.417. The van der Waals surface area contributed by atoms with Gasteiger partial charge in [-0.05, 0) is 12.1 Å². The van der Waals surface area contributed by atoms with Gasteiger partial charge < -0.3 is 11.1 Å². The summed E-state index contributed by atoms with van der Waals surface area (Å²) in [6.07, 6.45) is 0. The first-order valence-corrected chi connectivity index (χ1v) is 6.36. The van der Waals surface area contributed by atoms with Crippen molar-refractivity contribution in [2.45, 2.75) is 6.54 Å². The molecule has 1 saturated heterocycles. The van der Waals surface area contributed by atoms with Crippen LogP contribution in [-0.4, -0.2) is 37.0 Å². The SMILES string of the molecule is NCC#Cc1ccc(CN2CCNC(=O)C2)s1. The second-order valence-electron chi connectivity index (χ2n) is 3.83. The maximum absolute atomic E-state index is 11.2. The van der Waals surface area contributed by atoms with E-state index in [0.29, 0.717) is 13.1 Å². The summed E-state index contributed by atoms with van der Waals surface area (Å²) in [5.74, 6) is 5.96. The van der Waals surface area contributed by atoms with Crippen molar-refractivity contribution in [2.24, 2.45) is 5.73 Å². The second kappa shape index (κ2) is 5.82. The number of nitrogens with one attached hydrogen (secondary N) is 1. The molecule has 3 N–H and O–H groups in total. The number of carbonyl (C=O) groups excluding carboxylic acids is 1. The van der Waals surface area contributed by atoms with E-state index >= 15 is 0 Å². The van der Waals surface area contributed by atoms with Crippen LogP contribution in [0.15, 0.2) is 12.1 Å². The number of hydrogen-bond acceptors (Lipinski definition) is 4. The molecule has 0 radical (unpaired) electrons. The lowest BCUT2D eigenvalue weighted by Gasteiger charge is -2.25. The third-order valence-corrected chi connectivity index (χ3v) is 3.46. The van der Waals surface area contributed by atoms with E-state index < -0.39 is 0 Å². The molecule has 1 amide bonds. The second-order valence-corrected chi connectivity index (χ2v) is 5.00. The van der Waals surface area contributed by atoms with E-state index in [2.05, 4.69) is 28.1 Å². The first kappa shape index (κ1) is 12.1. The van der Waals surface area contributed by atoms with Gasteiger partial charge in [-0.1, -0.05) is 11.8 Å². The number of nitrogens with zero attached hydrogens (tertiary/aromatic N) is 1. The minimum Gasteiger partial charge on any atom is -0.354 e. The summed E-state index contributed by atoms with van der Waals surface area (Å²) in [6.45, 7) is 3.35. The first-order valence-electron chi connectivity index (χ1n) is 5.54. The number of carbonyl (C=O) groups is 1. The zero-order chi connectivity index (χ0) is 12.1. The van der Waals surface area contributed by atoms with Crippen molar-refractivity contribution in [3.63, 3.8) is 0 Å². The summed E-state index contributed by atoms with van der Waals surface area (Å²) in [6, 6.07) is 4.07. The summed E-state index contributed by atoms with van der Waals surface area (Å²) in [4.78, 5) is 15.6. The number of amides is 1. The fourth-order valence-corrected chi connectivity index (χ4v) is 2.64. The monoisotopic (exact) mass is 249 g/mol. The summed E-state index contributed by atoms with van der Waals surface area (Å²) in [5.41, 5.74) is 5.33. The quantitative estimate of drug-likeness (QED) is 0.725. The third-order valence-electron chi connectivity index (χ3n) is 2.47. The van der Waals surface area contributed by atoms with Crippen LogP contribution in [0.2, 0.25) is 0 Å². The Hall–Kier alpha value is -1.35. The molecule has 2 rings (SSSR count). The number of rotatable bonds is 2. The van der Waals surface area contributed by atoms with Gasteiger partial charge in [-0.3, -0.25) is 9.69 Å². The number of nitrogens with two attached hydrogens (primary N) is 1. The Morgan fingerprint density at radius 1 is 1.53 bits per heavy atom. The molecule has 17 heavy (non-hydrogen) atoms. The lowest BCUT2D eigenvalue weighted by atomic mass is 10.3. The molecule has 0 unspecified atom stereocenters. The zero-order valence-electron chi connectivity index (χ0n) is 9.53. The van der Waals surface area contributed by atoms with Crippen molar-refractivity contribution < 1.29 is 4.79 Å². The molecule has 1 aliphatic rings. The molecule has 0 atom stereocenters. The molecule has 4 nitrogen and oxygen atoms in total. The smallest absolute Gasteiger partial charge is 0.234 e. The molecule has 0 aliphatic carbocycles. The molecular weight excluding hydrogens is 234 g/mol. The highest BCUT2D eigenvalue weighted by Gasteiger charge is 2.16. The van der Waals surface area contributed by atoms with Crippen molar-refractivity contribution in [1.82, 2.24) is 10.2 Å². The van der Waals surface area contributed by atoms with E-state index in [1.807, 2.05) is 6.07 Å². The van der Waals surface area contributed by atoms with Crippen LogP contribution in [0, 0.1) is 11.8 Å². The van der Waals surface area contributed by atoms with Crippen LogP contribution in [0.5, 0.6) is 0 Å². The summed E-state index contributed by atoms with van der Waals surface area (Å²) in [7, 11) is 0. The van der Waals surface area contributed by atoms with E-state index in [-0.39, 0.29) is 5.91 Å². The Morgan fingerprint density at radius 2 is 2.41 bits per heavy atom. The maximum atomic E-state index is 11.2. The van der Waals surface area contributed by atoms with Crippen molar-refractivity contribution >= 4 is 17.2 Å². The van der Waals surface area contributed by atoms with E-state index in [1.54, 1.807) is 11.3 Å². The van der Waals surface area contributed by atoms with Crippen LogP contribution in [0.3, 0.4) is 0 Å². The van der Waals surface area contributed by atoms with Crippen LogP contribution >= 0.6 is 11.3 Å². The standard InChI is InChI=1S/C12H15N3OS/c13-5-1-2-10-3-4-11(17-10)8-15-7-6-14-12(16)9-15/h3-4H,5-9,13H2,(H,14,16). The summed E-state index contributed by atoms with van der Waals surface area (Å²) >= 11 is 1.67.